The van der Waals surface area contributed by atoms with E-state index < -0.39 is 19.4 Å². The molecular formula is C5H10NO4P-2. The molecule has 0 spiro atoms. The number of carbonyl (C=O) groups is 1. The largest absolute Gasteiger partial charge is 0.799 e. The van der Waals surface area contributed by atoms with E-state index in [2.05, 4.69) is 0 Å². The molecule has 0 fully saturated rings. The fourth-order valence-electron chi connectivity index (χ4n) is 0.491. The quantitative estimate of drug-likeness (QED) is 0.489. The van der Waals surface area contributed by atoms with Crippen molar-refractivity contribution in [3.63, 3.8) is 0 Å². The molecule has 66 valence electrons. The molecule has 0 aliphatic carbocycles. The van der Waals surface area contributed by atoms with E-state index >= 15 is 0 Å². The molecule has 0 amide bonds. The van der Waals surface area contributed by atoms with Gasteiger partial charge in [0.15, 0.2) is 0 Å². The minimum Gasteiger partial charge on any atom is -0.799 e. The van der Waals surface area contributed by atoms with Crippen LogP contribution in [0.2, 0.25) is 0 Å². The SMILES string of the molecule is CP(=O)([O-])CCC(N)C(=O)[O-]. The number of rotatable bonds is 4. The van der Waals surface area contributed by atoms with Gasteiger partial charge in [-0.2, -0.15) is 0 Å². The van der Waals surface area contributed by atoms with E-state index in [4.69, 9.17) is 5.73 Å². The Morgan fingerprint density at radius 3 is 2.45 bits per heavy atom. The molecule has 0 aromatic carbocycles. The molecule has 0 saturated heterocycles. The highest BCUT2D eigenvalue weighted by atomic mass is 31.2. The van der Waals surface area contributed by atoms with Crippen LogP contribution in [0.25, 0.3) is 0 Å². The van der Waals surface area contributed by atoms with Crippen LogP contribution in [0.4, 0.5) is 0 Å². The summed E-state index contributed by atoms with van der Waals surface area (Å²) in [5.74, 6) is -1.42. The Morgan fingerprint density at radius 2 is 2.18 bits per heavy atom. The van der Waals surface area contributed by atoms with Crippen molar-refractivity contribution >= 4 is 13.3 Å². The fourth-order valence-corrected chi connectivity index (χ4v) is 1.24. The summed E-state index contributed by atoms with van der Waals surface area (Å²) in [7, 11) is -3.38. The highest BCUT2D eigenvalue weighted by Gasteiger charge is 2.06. The Hall–Kier alpha value is -0.380. The van der Waals surface area contributed by atoms with E-state index in [1.165, 1.54) is 0 Å². The number of hydrogen-bond donors (Lipinski definition) is 1. The predicted octanol–water partition coefficient (Wildman–Crippen LogP) is -2.28. The van der Waals surface area contributed by atoms with Gasteiger partial charge in [-0.05, 0) is 19.2 Å². The van der Waals surface area contributed by atoms with E-state index in [0.717, 1.165) is 6.66 Å². The first-order valence-electron chi connectivity index (χ1n) is 3.07. The molecule has 5 nitrogen and oxygen atoms in total. The Balaban J connectivity index is 3.72. The highest BCUT2D eigenvalue weighted by Crippen LogP contribution is 2.30. The topological polar surface area (TPSA) is 106 Å². The fraction of sp³-hybridized carbons (Fsp3) is 0.800. The molecule has 6 heteroatoms. The normalized spacial score (nSPS) is 18.8. The molecular weight excluding hydrogens is 169 g/mol. The van der Waals surface area contributed by atoms with E-state index in [9.17, 15) is 19.4 Å². The van der Waals surface area contributed by atoms with Crippen molar-refractivity contribution in [2.75, 3.05) is 12.8 Å². The molecule has 0 bridgehead atoms. The molecule has 0 rings (SSSR count). The average molecular weight is 179 g/mol. The lowest BCUT2D eigenvalue weighted by Crippen LogP contribution is -2.42. The van der Waals surface area contributed by atoms with Crippen LogP contribution in [0.5, 0.6) is 0 Å². The summed E-state index contributed by atoms with van der Waals surface area (Å²) < 4.78 is 10.5. The summed E-state index contributed by atoms with van der Waals surface area (Å²) in [5, 5.41) is 9.99. The van der Waals surface area contributed by atoms with Crippen LogP contribution < -0.4 is 15.7 Å². The van der Waals surface area contributed by atoms with Gasteiger partial charge in [-0.15, -0.1) is 0 Å². The standard InChI is InChI=1S/C5H12NO4P/c1-11(9,10)3-2-4(6)5(7)8/h4H,2-3,6H2,1H3,(H,7,8)(H,9,10)/p-2. The van der Waals surface area contributed by atoms with Gasteiger partial charge in [0.25, 0.3) is 0 Å². The van der Waals surface area contributed by atoms with Crippen molar-refractivity contribution < 1.29 is 19.4 Å². The Kier molecular flexibility index (Phi) is 3.72. The van der Waals surface area contributed by atoms with E-state index in [0.29, 0.717) is 0 Å². The molecule has 2 unspecified atom stereocenters. The second-order valence-corrected chi connectivity index (χ2v) is 4.93. The van der Waals surface area contributed by atoms with Crippen LogP contribution >= 0.6 is 7.37 Å². The smallest absolute Gasteiger partial charge is 0.0582 e. The van der Waals surface area contributed by atoms with Gasteiger partial charge in [0.1, 0.15) is 0 Å². The molecule has 0 aromatic rings. The van der Waals surface area contributed by atoms with Gasteiger partial charge in [0.2, 0.25) is 0 Å². The molecule has 0 aliphatic heterocycles. The molecule has 0 aromatic heterocycles. The molecule has 0 heterocycles. The Labute approximate surface area is 64.7 Å². The van der Waals surface area contributed by atoms with Crippen molar-refractivity contribution in [3.8, 4) is 0 Å². The van der Waals surface area contributed by atoms with Crippen LogP contribution in [0.3, 0.4) is 0 Å². The van der Waals surface area contributed by atoms with Gasteiger partial charge in [-0.1, -0.05) is 0 Å². The van der Waals surface area contributed by atoms with E-state index in [1.807, 2.05) is 0 Å². The first kappa shape index (κ1) is 10.6. The van der Waals surface area contributed by atoms with Crippen molar-refractivity contribution in [3.05, 3.63) is 0 Å². The lowest BCUT2D eigenvalue weighted by Gasteiger charge is -2.20. The van der Waals surface area contributed by atoms with E-state index in [1.54, 1.807) is 0 Å². The molecule has 2 N–H and O–H groups in total. The Bertz CT molecular complexity index is 187. The zero-order valence-corrected chi connectivity index (χ0v) is 7.04. The predicted molar refractivity (Wildman–Crippen MR) is 36.0 cm³/mol. The number of carboxylic acids is 1. The molecule has 0 radical (unpaired) electrons. The summed E-state index contributed by atoms with van der Waals surface area (Å²) in [6, 6.07) is -1.18. The summed E-state index contributed by atoms with van der Waals surface area (Å²) in [4.78, 5) is 20.5. The lowest BCUT2D eigenvalue weighted by molar-refractivity contribution is -0.307. The number of carboxylic acid groups (broad SMARTS) is 1. The maximum atomic E-state index is 10.5. The van der Waals surface area contributed by atoms with Crippen LogP contribution in [-0.4, -0.2) is 24.8 Å². The van der Waals surface area contributed by atoms with Gasteiger partial charge < -0.3 is 25.1 Å². The van der Waals surface area contributed by atoms with Crippen LogP contribution in [0.1, 0.15) is 6.42 Å². The maximum Gasteiger partial charge on any atom is 0.0582 e. The highest BCUT2D eigenvalue weighted by molar-refractivity contribution is 7.55. The Morgan fingerprint density at radius 1 is 1.73 bits per heavy atom. The molecule has 0 saturated carbocycles. The van der Waals surface area contributed by atoms with Crippen molar-refractivity contribution in [1.29, 1.82) is 0 Å². The van der Waals surface area contributed by atoms with Crippen LogP contribution in [0, 0.1) is 0 Å². The average Bonchev–Trinajstić information content (AvgIpc) is 1.80. The van der Waals surface area contributed by atoms with Crippen LogP contribution in [0.15, 0.2) is 0 Å². The number of hydrogen-bond acceptors (Lipinski definition) is 5. The molecule has 2 atom stereocenters. The summed E-state index contributed by atoms with van der Waals surface area (Å²) >= 11 is 0. The third kappa shape index (κ3) is 6.04. The summed E-state index contributed by atoms with van der Waals surface area (Å²) in [5.41, 5.74) is 5.00. The molecule has 11 heavy (non-hydrogen) atoms. The van der Waals surface area contributed by atoms with Gasteiger partial charge >= 0.3 is 0 Å². The van der Waals surface area contributed by atoms with E-state index in [-0.39, 0.29) is 12.6 Å². The lowest BCUT2D eigenvalue weighted by atomic mass is 10.2. The first-order chi connectivity index (χ1) is 4.83. The zero-order chi connectivity index (χ0) is 9.07. The van der Waals surface area contributed by atoms with Crippen molar-refractivity contribution in [2.45, 2.75) is 12.5 Å². The molecule has 0 aliphatic rings. The number of nitrogens with two attached hydrogens (primary N) is 1. The third-order valence-electron chi connectivity index (χ3n) is 1.15. The van der Waals surface area contributed by atoms with Gasteiger partial charge in [0.05, 0.1) is 5.97 Å². The van der Waals surface area contributed by atoms with Gasteiger partial charge in [0, 0.05) is 13.4 Å². The van der Waals surface area contributed by atoms with Gasteiger partial charge in [-0.25, -0.2) is 0 Å². The first-order valence-corrected chi connectivity index (χ1v) is 5.32. The van der Waals surface area contributed by atoms with Gasteiger partial charge in [-0.3, -0.25) is 0 Å². The monoisotopic (exact) mass is 179 g/mol. The van der Waals surface area contributed by atoms with Crippen molar-refractivity contribution in [2.24, 2.45) is 5.73 Å². The maximum absolute atomic E-state index is 10.5. The third-order valence-corrected chi connectivity index (χ3v) is 2.22. The minimum absolute atomic E-state index is 0.0837. The summed E-state index contributed by atoms with van der Waals surface area (Å²) in [6.45, 7) is 1.05. The number of aliphatic carboxylic acids is 1. The zero-order valence-electron chi connectivity index (χ0n) is 6.15. The summed E-state index contributed by atoms with van der Waals surface area (Å²) in [6.07, 6.45) is -0.276. The van der Waals surface area contributed by atoms with Crippen molar-refractivity contribution in [1.82, 2.24) is 0 Å². The second kappa shape index (κ2) is 3.85. The second-order valence-electron chi connectivity index (χ2n) is 2.45. The van der Waals surface area contributed by atoms with Crippen LogP contribution in [-0.2, 0) is 9.36 Å². The number of carbonyl (C=O) groups excluding carboxylic acids is 1. The minimum atomic E-state index is -3.38.